The summed E-state index contributed by atoms with van der Waals surface area (Å²) in [4.78, 5) is 5.83. The van der Waals surface area contributed by atoms with Crippen LogP contribution in [0.15, 0.2) is 36.5 Å². The lowest BCUT2D eigenvalue weighted by Crippen LogP contribution is -2.28. The van der Waals surface area contributed by atoms with E-state index in [1.54, 1.807) is 11.3 Å². The second-order valence-electron chi connectivity index (χ2n) is 4.99. The number of rotatable bonds is 7. The molecular formula is C16H23N3S. The van der Waals surface area contributed by atoms with Gasteiger partial charge in [-0.15, -0.1) is 11.3 Å². The number of nitrogens with one attached hydrogen (secondary N) is 1. The number of hydrogen-bond acceptors (Lipinski definition) is 4. The van der Waals surface area contributed by atoms with E-state index in [1.165, 1.54) is 10.4 Å². The van der Waals surface area contributed by atoms with E-state index >= 15 is 0 Å². The van der Waals surface area contributed by atoms with Crippen LogP contribution in [0, 0.1) is 0 Å². The number of nitrogens with zero attached hydrogens (tertiary/aromatic N) is 1. The van der Waals surface area contributed by atoms with Gasteiger partial charge in [-0.1, -0.05) is 37.3 Å². The molecule has 20 heavy (non-hydrogen) atoms. The summed E-state index contributed by atoms with van der Waals surface area (Å²) in [5, 5.41) is 4.71. The molecule has 4 heteroatoms. The third-order valence-corrected chi connectivity index (χ3v) is 4.84. The van der Waals surface area contributed by atoms with Gasteiger partial charge in [0.1, 0.15) is 5.01 Å². The zero-order valence-corrected chi connectivity index (χ0v) is 13.0. The van der Waals surface area contributed by atoms with Crippen LogP contribution in [0.5, 0.6) is 0 Å². The largest absolute Gasteiger partial charge is 0.330 e. The van der Waals surface area contributed by atoms with Crippen LogP contribution in [0.2, 0.25) is 0 Å². The zero-order chi connectivity index (χ0) is 14.4. The Morgan fingerprint density at radius 1 is 1.30 bits per heavy atom. The third kappa shape index (κ3) is 3.88. The Balaban J connectivity index is 1.93. The molecule has 2 atom stereocenters. The Labute approximate surface area is 125 Å². The topological polar surface area (TPSA) is 50.9 Å². The van der Waals surface area contributed by atoms with Crippen LogP contribution in [0.25, 0.3) is 0 Å². The summed E-state index contributed by atoms with van der Waals surface area (Å²) in [5.74, 6) is 0.351. The first-order valence-corrected chi connectivity index (χ1v) is 7.99. The Morgan fingerprint density at radius 2 is 2.05 bits per heavy atom. The van der Waals surface area contributed by atoms with Gasteiger partial charge in [0.25, 0.3) is 0 Å². The SMILES string of the molecule is CCc1cnc(C(C)NCC(CN)c2ccccc2)s1. The maximum absolute atomic E-state index is 5.90. The van der Waals surface area contributed by atoms with Gasteiger partial charge in [0.15, 0.2) is 0 Å². The second kappa shape index (κ2) is 7.53. The highest BCUT2D eigenvalue weighted by molar-refractivity contribution is 7.11. The van der Waals surface area contributed by atoms with Crippen molar-refractivity contribution in [2.45, 2.75) is 32.2 Å². The van der Waals surface area contributed by atoms with Crippen LogP contribution >= 0.6 is 11.3 Å². The van der Waals surface area contributed by atoms with E-state index in [0.29, 0.717) is 12.5 Å². The number of aryl methyl sites for hydroxylation is 1. The highest BCUT2D eigenvalue weighted by Crippen LogP contribution is 2.21. The number of hydrogen-bond donors (Lipinski definition) is 2. The van der Waals surface area contributed by atoms with Crippen molar-refractivity contribution < 1.29 is 0 Å². The van der Waals surface area contributed by atoms with Crippen molar-refractivity contribution >= 4 is 11.3 Å². The van der Waals surface area contributed by atoms with Crippen molar-refractivity contribution in [1.29, 1.82) is 0 Å². The normalized spacial score (nSPS) is 14.2. The van der Waals surface area contributed by atoms with Gasteiger partial charge < -0.3 is 11.1 Å². The van der Waals surface area contributed by atoms with Crippen LogP contribution in [-0.4, -0.2) is 18.1 Å². The monoisotopic (exact) mass is 289 g/mol. The van der Waals surface area contributed by atoms with Crippen molar-refractivity contribution in [2.75, 3.05) is 13.1 Å². The van der Waals surface area contributed by atoms with E-state index in [4.69, 9.17) is 5.73 Å². The first-order chi connectivity index (χ1) is 9.74. The van der Waals surface area contributed by atoms with Gasteiger partial charge in [-0.3, -0.25) is 0 Å². The highest BCUT2D eigenvalue weighted by atomic mass is 32.1. The van der Waals surface area contributed by atoms with Gasteiger partial charge in [-0.05, 0) is 18.9 Å². The van der Waals surface area contributed by atoms with Crippen molar-refractivity contribution in [3.05, 3.63) is 52.0 Å². The third-order valence-electron chi connectivity index (χ3n) is 3.52. The van der Waals surface area contributed by atoms with Crippen LogP contribution in [0.4, 0.5) is 0 Å². The minimum Gasteiger partial charge on any atom is -0.330 e. The molecule has 3 N–H and O–H groups in total. The fourth-order valence-electron chi connectivity index (χ4n) is 2.16. The summed E-state index contributed by atoms with van der Waals surface area (Å²) in [6.07, 6.45) is 3.04. The number of aromatic nitrogens is 1. The average Bonchev–Trinajstić information content (AvgIpc) is 2.98. The molecule has 0 spiro atoms. The van der Waals surface area contributed by atoms with Gasteiger partial charge in [0.05, 0.1) is 6.04 Å². The quantitative estimate of drug-likeness (QED) is 0.823. The summed E-state index contributed by atoms with van der Waals surface area (Å²) >= 11 is 1.79. The molecule has 0 aliphatic rings. The molecule has 108 valence electrons. The van der Waals surface area contributed by atoms with Crippen molar-refractivity contribution in [1.82, 2.24) is 10.3 Å². The molecule has 2 unspecified atom stereocenters. The lowest BCUT2D eigenvalue weighted by atomic mass is 9.99. The standard InChI is InChI=1S/C16H23N3S/c1-3-15-11-19-16(20-15)12(2)18-10-14(9-17)13-7-5-4-6-8-13/h4-8,11-12,14,18H,3,9-10,17H2,1-2H3. The molecule has 0 aliphatic heterocycles. The van der Waals surface area contributed by atoms with Crippen LogP contribution < -0.4 is 11.1 Å². The second-order valence-corrected chi connectivity index (χ2v) is 6.14. The first-order valence-electron chi connectivity index (χ1n) is 7.17. The molecule has 0 aliphatic carbocycles. The Morgan fingerprint density at radius 3 is 2.65 bits per heavy atom. The lowest BCUT2D eigenvalue weighted by molar-refractivity contribution is 0.521. The molecule has 0 fully saturated rings. The molecule has 3 nitrogen and oxygen atoms in total. The van der Waals surface area contributed by atoms with Crippen LogP contribution in [0.3, 0.4) is 0 Å². The fourth-order valence-corrected chi connectivity index (χ4v) is 3.04. The van der Waals surface area contributed by atoms with E-state index in [0.717, 1.165) is 18.0 Å². The summed E-state index contributed by atoms with van der Waals surface area (Å²) in [6.45, 7) is 5.86. The minimum absolute atomic E-state index is 0.276. The van der Waals surface area contributed by atoms with Crippen molar-refractivity contribution in [3.8, 4) is 0 Å². The molecule has 0 saturated heterocycles. The van der Waals surface area contributed by atoms with Gasteiger partial charge in [0.2, 0.25) is 0 Å². The average molecular weight is 289 g/mol. The number of thiazole rings is 1. The van der Waals surface area contributed by atoms with E-state index in [9.17, 15) is 0 Å². The summed E-state index contributed by atoms with van der Waals surface area (Å²) in [7, 11) is 0. The number of benzene rings is 1. The molecule has 0 amide bonds. The van der Waals surface area contributed by atoms with E-state index in [-0.39, 0.29) is 6.04 Å². The maximum atomic E-state index is 5.90. The Bertz CT molecular complexity index is 509. The van der Waals surface area contributed by atoms with Gasteiger partial charge in [0, 0.05) is 30.1 Å². The van der Waals surface area contributed by atoms with Crippen molar-refractivity contribution in [2.24, 2.45) is 5.73 Å². The fraction of sp³-hybridized carbons (Fsp3) is 0.438. The molecule has 0 radical (unpaired) electrons. The summed E-state index contributed by atoms with van der Waals surface area (Å²) in [5.41, 5.74) is 7.20. The van der Waals surface area contributed by atoms with E-state index in [2.05, 4.69) is 48.4 Å². The smallest absolute Gasteiger partial charge is 0.109 e. The predicted molar refractivity (Wildman–Crippen MR) is 86.1 cm³/mol. The predicted octanol–water partition coefficient (Wildman–Crippen LogP) is 3.10. The van der Waals surface area contributed by atoms with Crippen LogP contribution in [0.1, 0.15) is 41.3 Å². The first kappa shape index (κ1) is 15.2. The highest BCUT2D eigenvalue weighted by Gasteiger charge is 2.14. The molecular weight excluding hydrogens is 266 g/mol. The minimum atomic E-state index is 0.276. The molecule has 0 bridgehead atoms. The van der Waals surface area contributed by atoms with Gasteiger partial charge in [-0.2, -0.15) is 0 Å². The van der Waals surface area contributed by atoms with E-state index < -0.39 is 0 Å². The van der Waals surface area contributed by atoms with Crippen LogP contribution in [-0.2, 0) is 6.42 Å². The molecule has 0 saturated carbocycles. The van der Waals surface area contributed by atoms with Gasteiger partial charge >= 0.3 is 0 Å². The molecule has 2 aromatic rings. The summed E-state index contributed by atoms with van der Waals surface area (Å²) in [6, 6.07) is 10.7. The Hall–Kier alpha value is -1.23. The van der Waals surface area contributed by atoms with E-state index in [1.807, 2.05) is 12.3 Å². The maximum Gasteiger partial charge on any atom is 0.109 e. The van der Waals surface area contributed by atoms with Gasteiger partial charge in [-0.25, -0.2) is 4.98 Å². The number of nitrogens with two attached hydrogens (primary N) is 1. The molecule has 1 aromatic carbocycles. The molecule has 1 heterocycles. The van der Waals surface area contributed by atoms with Crippen molar-refractivity contribution in [3.63, 3.8) is 0 Å². The molecule has 1 aromatic heterocycles. The summed E-state index contributed by atoms with van der Waals surface area (Å²) < 4.78 is 0. The lowest BCUT2D eigenvalue weighted by Gasteiger charge is -2.19. The molecule has 2 rings (SSSR count). The zero-order valence-electron chi connectivity index (χ0n) is 12.2. The Kier molecular flexibility index (Phi) is 5.71.